The maximum atomic E-state index is 11.5. The van der Waals surface area contributed by atoms with E-state index in [2.05, 4.69) is 15.2 Å². The molecule has 3 rings (SSSR count). The summed E-state index contributed by atoms with van der Waals surface area (Å²) in [7, 11) is 0. The van der Waals surface area contributed by atoms with Crippen molar-refractivity contribution in [3.05, 3.63) is 18.5 Å². The van der Waals surface area contributed by atoms with Gasteiger partial charge in [-0.25, -0.2) is 0 Å². The third-order valence-corrected chi connectivity index (χ3v) is 2.95. The Labute approximate surface area is 88.3 Å². The van der Waals surface area contributed by atoms with Crippen LogP contribution in [0.25, 0.3) is 0 Å². The SMILES string of the molecule is O=C1CCN(C2CC2)c2ccncc2N1. The minimum absolute atomic E-state index is 0.0902. The van der Waals surface area contributed by atoms with Crippen molar-refractivity contribution < 1.29 is 4.79 Å². The third-order valence-electron chi connectivity index (χ3n) is 2.95. The van der Waals surface area contributed by atoms with Gasteiger partial charge in [0.25, 0.3) is 0 Å². The average molecular weight is 203 g/mol. The highest BCUT2D eigenvalue weighted by molar-refractivity contribution is 5.96. The van der Waals surface area contributed by atoms with Crippen LogP contribution in [0.15, 0.2) is 18.5 Å². The van der Waals surface area contributed by atoms with Crippen molar-refractivity contribution in [2.45, 2.75) is 25.3 Å². The van der Waals surface area contributed by atoms with Crippen LogP contribution < -0.4 is 10.2 Å². The van der Waals surface area contributed by atoms with Crippen LogP contribution in [0, 0.1) is 0 Å². The molecule has 0 atom stereocenters. The molecule has 0 radical (unpaired) electrons. The molecule has 1 aromatic heterocycles. The Hall–Kier alpha value is -1.58. The van der Waals surface area contributed by atoms with Gasteiger partial charge in [-0.05, 0) is 18.9 Å². The van der Waals surface area contributed by atoms with Crippen molar-refractivity contribution in [3.8, 4) is 0 Å². The molecule has 0 unspecified atom stereocenters. The lowest BCUT2D eigenvalue weighted by molar-refractivity contribution is -0.115. The number of carbonyl (C=O) groups is 1. The number of hydrogen-bond acceptors (Lipinski definition) is 3. The average Bonchev–Trinajstić information content (AvgIpc) is 3.03. The molecular weight excluding hydrogens is 190 g/mol. The molecule has 15 heavy (non-hydrogen) atoms. The third kappa shape index (κ3) is 1.56. The van der Waals surface area contributed by atoms with Gasteiger partial charge in [0, 0.05) is 25.2 Å². The van der Waals surface area contributed by atoms with Gasteiger partial charge in [-0.3, -0.25) is 9.78 Å². The van der Waals surface area contributed by atoms with Crippen LogP contribution in [0.4, 0.5) is 11.4 Å². The second kappa shape index (κ2) is 3.22. The van der Waals surface area contributed by atoms with Crippen LogP contribution in [0.3, 0.4) is 0 Å². The van der Waals surface area contributed by atoms with Crippen LogP contribution in [-0.4, -0.2) is 23.5 Å². The lowest BCUT2D eigenvalue weighted by atomic mass is 10.3. The second-order valence-corrected chi connectivity index (χ2v) is 4.12. The Morgan fingerprint density at radius 1 is 1.47 bits per heavy atom. The molecule has 1 N–H and O–H groups in total. The predicted molar refractivity (Wildman–Crippen MR) is 57.9 cm³/mol. The topological polar surface area (TPSA) is 45.2 Å². The van der Waals surface area contributed by atoms with E-state index in [4.69, 9.17) is 0 Å². The highest BCUT2D eigenvalue weighted by Gasteiger charge is 2.32. The Morgan fingerprint density at radius 3 is 3.13 bits per heavy atom. The Bertz CT molecular complexity index is 401. The highest BCUT2D eigenvalue weighted by atomic mass is 16.1. The van der Waals surface area contributed by atoms with E-state index in [0.29, 0.717) is 12.5 Å². The van der Waals surface area contributed by atoms with Gasteiger partial charge < -0.3 is 10.2 Å². The summed E-state index contributed by atoms with van der Waals surface area (Å²) < 4.78 is 0. The molecule has 0 saturated heterocycles. The van der Waals surface area contributed by atoms with Gasteiger partial charge in [-0.2, -0.15) is 0 Å². The van der Waals surface area contributed by atoms with E-state index < -0.39 is 0 Å². The summed E-state index contributed by atoms with van der Waals surface area (Å²) in [6.45, 7) is 0.827. The summed E-state index contributed by atoms with van der Waals surface area (Å²) in [4.78, 5) is 17.8. The van der Waals surface area contributed by atoms with E-state index in [1.807, 2.05) is 6.07 Å². The number of fused-ring (bicyclic) bond motifs is 1. The van der Waals surface area contributed by atoms with Gasteiger partial charge in [0.1, 0.15) is 0 Å². The quantitative estimate of drug-likeness (QED) is 0.750. The van der Waals surface area contributed by atoms with Crippen LogP contribution in [0.5, 0.6) is 0 Å². The number of aromatic nitrogens is 1. The number of nitrogens with zero attached hydrogens (tertiary/aromatic N) is 2. The molecule has 1 aromatic rings. The van der Waals surface area contributed by atoms with Crippen molar-refractivity contribution in [2.75, 3.05) is 16.8 Å². The molecule has 0 bridgehead atoms. The number of rotatable bonds is 1. The van der Waals surface area contributed by atoms with Gasteiger partial charge in [0.15, 0.2) is 0 Å². The van der Waals surface area contributed by atoms with E-state index in [1.165, 1.54) is 12.8 Å². The number of anilines is 2. The first-order chi connectivity index (χ1) is 7.34. The molecule has 78 valence electrons. The molecule has 4 heteroatoms. The molecule has 1 saturated carbocycles. The molecular formula is C11H13N3O. The largest absolute Gasteiger partial charge is 0.366 e. The summed E-state index contributed by atoms with van der Waals surface area (Å²) in [5.74, 6) is 0.0902. The molecule has 0 aromatic carbocycles. The van der Waals surface area contributed by atoms with Gasteiger partial charge in [-0.15, -0.1) is 0 Å². The first kappa shape index (κ1) is 8.71. The number of nitrogens with one attached hydrogen (secondary N) is 1. The standard InChI is InChI=1S/C11H13N3O/c15-11-4-6-14(8-1-2-8)10-3-5-12-7-9(10)13-11/h3,5,7-8H,1-2,4,6H2,(H,13,15). The van der Waals surface area contributed by atoms with E-state index >= 15 is 0 Å². The second-order valence-electron chi connectivity index (χ2n) is 4.12. The highest BCUT2D eigenvalue weighted by Crippen LogP contribution is 2.36. The maximum absolute atomic E-state index is 11.5. The summed E-state index contributed by atoms with van der Waals surface area (Å²) in [5.41, 5.74) is 1.98. The Kier molecular flexibility index (Phi) is 1.87. The smallest absolute Gasteiger partial charge is 0.226 e. The first-order valence-corrected chi connectivity index (χ1v) is 5.35. The molecule has 1 aliphatic carbocycles. The van der Waals surface area contributed by atoms with Gasteiger partial charge >= 0.3 is 0 Å². The normalized spacial score (nSPS) is 20.5. The van der Waals surface area contributed by atoms with Gasteiger partial charge in [0.05, 0.1) is 17.6 Å². The van der Waals surface area contributed by atoms with Crippen LogP contribution >= 0.6 is 0 Å². The molecule has 4 nitrogen and oxygen atoms in total. The number of amides is 1. The van der Waals surface area contributed by atoms with E-state index in [0.717, 1.165) is 17.9 Å². The summed E-state index contributed by atoms with van der Waals surface area (Å²) in [6, 6.07) is 2.62. The molecule has 1 aliphatic heterocycles. The lowest BCUT2D eigenvalue weighted by Gasteiger charge is -2.23. The zero-order valence-corrected chi connectivity index (χ0v) is 8.44. The number of carbonyl (C=O) groups excluding carboxylic acids is 1. The monoisotopic (exact) mass is 203 g/mol. The van der Waals surface area contributed by atoms with Crippen LogP contribution in [0.2, 0.25) is 0 Å². The summed E-state index contributed by atoms with van der Waals surface area (Å²) >= 11 is 0. The molecule has 1 amide bonds. The fraction of sp³-hybridized carbons (Fsp3) is 0.455. The summed E-state index contributed by atoms with van der Waals surface area (Å²) in [6.07, 6.45) is 6.58. The Morgan fingerprint density at radius 2 is 2.33 bits per heavy atom. The van der Waals surface area contributed by atoms with Crippen molar-refractivity contribution in [3.63, 3.8) is 0 Å². The Balaban J connectivity index is 2.01. The van der Waals surface area contributed by atoms with Gasteiger partial charge in [-0.1, -0.05) is 0 Å². The zero-order valence-electron chi connectivity index (χ0n) is 8.44. The van der Waals surface area contributed by atoms with Crippen LogP contribution in [-0.2, 0) is 4.79 Å². The van der Waals surface area contributed by atoms with Crippen molar-refractivity contribution in [1.82, 2.24) is 4.98 Å². The van der Waals surface area contributed by atoms with Crippen molar-refractivity contribution in [1.29, 1.82) is 0 Å². The molecule has 2 heterocycles. The number of pyridine rings is 1. The van der Waals surface area contributed by atoms with E-state index in [9.17, 15) is 4.79 Å². The molecule has 1 fully saturated rings. The van der Waals surface area contributed by atoms with E-state index in [-0.39, 0.29) is 5.91 Å². The van der Waals surface area contributed by atoms with Crippen LogP contribution in [0.1, 0.15) is 19.3 Å². The van der Waals surface area contributed by atoms with Crippen molar-refractivity contribution in [2.24, 2.45) is 0 Å². The van der Waals surface area contributed by atoms with Crippen molar-refractivity contribution >= 4 is 17.3 Å². The fourth-order valence-electron chi connectivity index (χ4n) is 2.05. The maximum Gasteiger partial charge on any atom is 0.226 e. The first-order valence-electron chi connectivity index (χ1n) is 5.35. The predicted octanol–water partition coefficient (Wildman–Crippen LogP) is 1.39. The fourth-order valence-corrected chi connectivity index (χ4v) is 2.05. The minimum Gasteiger partial charge on any atom is -0.366 e. The zero-order chi connectivity index (χ0) is 10.3. The summed E-state index contributed by atoms with van der Waals surface area (Å²) in [5, 5.41) is 2.89. The van der Waals surface area contributed by atoms with E-state index in [1.54, 1.807) is 12.4 Å². The molecule has 0 spiro atoms. The van der Waals surface area contributed by atoms with Gasteiger partial charge in [0.2, 0.25) is 5.91 Å². The minimum atomic E-state index is 0.0902. The lowest BCUT2D eigenvalue weighted by Crippen LogP contribution is -2.26. The number of hydrogen-bond donors (Lipinski definition) is 1. The molecule has 2 aliphatic rings.